The molecule has 0 fully saturated rings. The first-order valence-electron chi connectivity index (χ1n) is 5.05. The number of rotatable bonds is 3. The van der Waals surface area contributed by atoms with Crippen LogP contribution in [0, 0.1) is 0 Å². The van der Waals surface area contributed by atoms with Crippen LogP contribution in [0.2, 0.25) is 0 Å². The zero-order chi connectivity index (χ0) is 11.2. The quantitative estimate of drug-likeness (QED) is 0.482. The van der Waals surface area contributed by atoms with Gasteiger partial charge >= 0.3 is 0 Å². The Labute approximate surface area is 94.1 Å². The van der Waals surface area contributed by atoms with Crippen LogP contribution in [0.3, 0.4) is 0 Å². The second kappa shape index (κ2) is 5.07. The highest BCUT2D eigenvalue weighted by Crippen LogP contribution is 2.07. The molecule has 2 rings (SSSR count). The lowest BCUT2D eigenvalue weighted by Gasteiger charge is -2.04. The minimum absolute atomic E-state index is 0.612. The van der Waals surface area contributed by atoms with E-state index in [4.69, 9.17) is 5.21 Å². The van der Waals surface area contributed by atoms with Gasteiger partial charge in [0.05, 0.1) is 5.71 Å². The molecule has 0 aliphatic rings. The van der Waals surface area contributed by atoms with E-state index in [2.05, 4.69) is 10.1 Å². The number of hydrogen-bond donors (Lipinski definition) is 1. The van der Waals surface area contributed by atoms with Crippen molar-refractivity contribution in [1.29, 1.82) is 0 Å². The highest BCUT2D eigenvalue weighted by Gasteiger charge is 2.04. The summed E-state index contributed by atoms with van der Waals surface area (Å²) < 4.78 is 0. The molecule has 16 heavy (non-hydrogen) atoms. The minimum Gasteiger partial charge on any atom is -0.411 e. The van der Waals surface area contributed by atoms with Crippen LogP contribution in [0.4, 0.5) is 0 Å². The molecule has 1 N–H and O–H groups in total. The molecule has 3 heteroatoms. The molecule has 0 spiro atoms. The zero-order valence-corrected chi connectivity index (χ0v) is 8.74. The highest BCUT2D eigenvalue weighted by molar-refractivity contribution is 6.01. The van der Waals surface area contributed by atoms with Crippen molar-refractivity contribution in [2.75, 3.05) is 0 Å². The van der Waals surface area contributed by atoms with Crippen molar-refractivity contribution in [3.63, 3.8) is 0 Å². The molecule has 0 saturated carbocycles. The van der Waals surface area contributed by atoms with Gasteiger partial charge in [0, 0.05) is 24.4 Å². The largest absolute Gasteiger partial charge is 0.411 e. The summed E-state index contributed by atoms with van der Waals surface area (Å²) in [5.41, 5.74) is 2.65. The minimum atomic E-state index is 0.612. The third-order valence-corrected chi connectivity index (χ3v) is 2.35. The normalized spacial score (nSPS) is 11.4. The Hall–Kier alpha value is -2.16. The van der Waals surface area contributed by atoms with Crippen molar-refractivity contribution in [3.05, 3.63) is 66.0 Å². The van der Waals surface area contributed by atoms with Crippen LogP contribution in [-0.4, -0.2) is 15.9 Å². The molecule has 0 radical (unpaired) electrons. The number of pyridine rings is 1. The van der Waals surface area contributed by atoms with Crippen LogP contribution < -0.4 is 0 Å². The first-order chi connectivity index (χ1) is 7.90. The van der Waals surface area contributed by atoms with Gasteiger partial charge in [-0.15, -0.1) is 0 Å². The van der Waals surface area contributed by atoms with Gasteiger partial charge in [-0.05, 0) is 17.7 Å². The summed E-state index contributed by atoms with van der Waals surface area (Å²) in [6, 6.07) is 13.6. The fourth-order valence-electron chi connectivity index (χ4n) is 1.53. The van der Waals surface area contributed by atoms with Crippen LogP contribution in [0.5, 0.6) is 0 Å². The fraction of sp³-hybridized carbons (Fsp3) is 0.0769. The van der Waals surface area contributed by atoms with Crippen molar-refractivity contribution in [2.45, 2.75) is 6.42 Å². The molecule has 0 aliphatic carbocycles. The van der Waals surface area contributed by atoms with Crippen LogP contribution in [0.25, 0.3) is 0 Å². The standard InChI is InChI=1S/C13H12N2O/c16-15-13(12-6-8-14-9-7-12)10-11-4-2-1-3-5-11/h1-9,16H,10H2/b15-13+. The summed E-state index contributed by atoms with van der Waals surface area (Å²) in [6.45, 7) is 0. The first kappa shape index (κ1) is 10.4. The van der Waals surface area contributed by atoms with Crippen molar-refractivity contribution < 1.29 is 5.21 Å². The molecule has 0 amide bonds. The van der Waals surface area contributed by atoms with Gasteiger partial charge in [-0.2, -0.15) is 0 Å². The molecule has 80 valence electrons. The lowest BCUT2D eigenvalue weighted by atomic mass is 10.0. The molecule has 1 aromatic heterocycles. The molecule has 1 aromatic carbocycles. The summed E-state index contributed by atoms with van der Waals surface area (Å²) in [7, 11) is 0. The van der Waals surface area contributed by atoms with Gasteiger partial charge in [-0.1, -0.05) is 35.5 Å². The van der Waals surface area contributed by atoms with Crippen molar-refractivity contribution >= 4 is 5.71 Å². The molecule has 0 bridgehead atoms. The van der Waals surface area contributed by atoms with Gasteiger partial charge in [0.25, 0.3) is 0 Å². The maximum absolute atomic E-state index is 9.01. The zero-order valence-electron chi connectivity index (χ0n) is 8.74. The van der Waals surface area contributed by atoms with Crippen molar-refractivity contribution in [3.8, 4) is 0 Å². The summed E-state index contributed by atoms with van der Waals surface area (Å²) in [5.74, 6) is 0. The number of aromatic nitrogens is 1. The molecule has 0 atom stereocenters. The maximum Gasteiger partial charge on any atom is 0.0912 e. The maximum atomic E-state index is 9.01. The summed E-state index contributed by atoms with van der Waals surface area (Å²) in [4.78, 5) is 3.93. The predicted octanol–water partition coefficient (Wildman–Crippen LogP) is 2.50. The van der Waals surface area contributed by atoms with E-state index in [9.17, 15) is 0 Å². The van der Waals surface area contributed by atoms with Crippen molar-refractivity contribution in [2.24, 2.45) is 5.16 Å². The molecule has 0 unspecified atom stereocenters. The average Bonchev–Trinajstić information content (AvgIpc) is 2.38. The van der Waals surface area contributed by atoms with E-state index in [1.807, 2.05) is 42.5 Å². The average molecular weight is 212 g/mol. The second-order valence-corrected chi connectivity index (χ2v) is 3.44. The van der Waals surface area contributed by atoms with E-state index in [1.165, 1.54) is 0 Å². The molecule has 3 nitrogen and oxygen atoms in total. The highest BCUT2D eigenvalue weighted by atomic mass is 16.4. The number of hydrogen-bond acceptors (Lipinski definition) is 3. The monoisotopic (exact) mass is 212 g/mol. The van der Waals surface area contributed by atoms with Gasteiger partial charge in [-0.3, -0.25) is 4.98 Å². The smallest absolute Gasteiger partial charge is 0.0912 e. The van der Waals surface area contributed by atoms with Crippen LogP contribution in [0.15, 0.2) is 60.0 Å². The van der Waals surface area contributed by atoms with E-state index in [0.717, 1.165) is 11.1 Å². The van der Waals surface area contributed by atoms with Crippen LogP contribution >= 0.6 is 0 Å². The predicted molar refractivity (Wildman–Crippen MR) is 62.7 cm³/mol. The van der Waals surface area contributed by atoms with E-state index in [0.29, 0.717) is 12.1 Å². The van der Waals surface area contributed by atoms with Gasteiger partial charge in [0.1, 0.15) is 0 Å². The molecule has 1 heterocycles. The van der Waals surface area contributed by atoms with Crippen molar-refractivity contribution in [1.82, 2.24) is 4.98 Å². The van der Waals surface area contributed by atoms with E-state index in [-0.39, 0.29) is 0 Å². The fourth-order valence-corrected chi connectivity index (χ4v) is 1.53. The SMILES string of the molecule is O/N=C(\Cc1ccccc1)c1ccncc1. The third kappa shape index (κ3) is 2.45. The summed E-state index contributed by atoms with van der Waals surface area (Å²) in [6.07, 6.45) is 3.98. The van der Waals surface area contributed by atoms with Crippen LogP contribution in [0.1, 0.15) is 11.1 Å². The van der Waals surface area contributed by atoms with Gasteiger partial charge in [0.2, 0.25) is 0 Å². The van der Waals surface area contributed by atoms with Crippen LogP contribution in [-0.2, 0) is 6.42 Å². The molecule has 0 saturated heterocycles. The molecular formula is C13H12N2O. The van der Waals surface area contributed by atoms with Gasteiger partial charge < -0.3 is 5.21 Å². The Bertz CT molecular complexity index is 466. The molecular weight excluding hydrogens is 200 g/mol. The number of benzene rings is 1. The van der Waals surface area contributed by atoms with E-state index in [1.54, 1.807) is 12.4 Å². The molecule has 2 aromatic rings. The van der Waals surface area contributed by atoms with Gasteiger partial charge in [0.15, 0.2) is 0 Å². The number of oxime groups is 1. The topological polar surface area (TPSA) is 45.5 Å². The Morgan fingerprint density at radius 2 is 1.75 bits per heavy atom. The summed E-state index contributed by atoms with van der Waals surface area (Å²) in [5, 5.41) is 12.4. The number of nitrogens with zero attached hydrogens (tertiary/aromatic N) is 2. The van der Waals surface area contributed by atoms with E-state index < -0.39 is 0 Å². The Kier molecular flexibility index (Phi) is 3.28. The Balaban J connectivity index is 2.20. The summed E-state index contributed by atoms with van der Waals surface area (Å²) >= 11 is 0. The Morgan fingerprint density at radius 3 is 2.38 bits per heavy atom. The van der Waals surface area contributed by atoms with Gasteiger partial charge in [-0.25, -0.2) is 0 Å². The first-order valence-corrected chi connectivity index (χ1v) is 5.05. The third-order valence-electron chi connectivity index (χ3n) is 2.35. The lowest BCUT2D eigenvalue weighted by Crippen LogP contribution is -2.05. The lowest BCUT2D eigenvalue weighted by molar-refractivity contribution is 0.318. The Morgan fingerprint density at radius 1 is 1.06 bits per heavy atom. The molecule has 0 aliphatic heterocycles. The second-order valence-electron chi connectivity index (χ2n) is 3.44. The van der Waals surface area contributed by atoms with E-state index >= 15 is 0 Å².